The van der Waals surface area contributed by atoms with Gasteiger partial charge < -0.3 is 13.9 Å². The molecule has 0 spiro atoms. The van der Waals surface area contributed by atoms with Gasteiger partial charge in [0.15, 0.2) is 0 Å². The molecule has 0 saturated carbocycles. The summed E-state index contributed by atoms with van der Waals surface area (Å²) in [5.41, 5.74) is 1.22. The Balaban J connectivity index is 1.50. The highest BCUT2D eigenvalue weighted by molar-refractivity contribution is 9.10. The summed E-state index contributed by atoms with van der Waals surface area (Å²) in [5, 5.41) is 2.55. The molecule has 0 bridgehead atoms. The van der Waals surface area contributed by atoms with E-state index in [-0.39, 0.29) is 11.2 Å². The first-order chi connectivity index (χ1) is 14.2. The highest BCUT2D eigenvalue weighted by Gasteiger charge is 2.23. The maximum absolute atomic E-state index is 13.0. The van der Waals surface area contributed by atoms with Crippen molar-refractivity contribution in [3.63, 3.8) is 0 Å². The number of fused-ring (bicyclic) bond motifs is 3. The molecule has 29 heavy (non-hydrogen) atoms. The summed E-state index contributed by atoms with van der Waals surface area (Å²) in [6.45, 7) is 1.95. The number of ether oxygens (including phenoxy) is 2. The third-order valence-electron chi connectivity index (χ3n) is 4.77. The van der Waals surface area contributed by atoms with Crippen LogP contribution < -0.4 is 14.9 Å². The molecule has 0 amide bonds. The van der Waals surface area contributed by atoms with Crippen LogP contribution in [-0.2, 0) is 13.1 Å². The average molecular weight is 470 g/mol. The topological polar surface area (TPSA) is 51.9 Å². The van der Waals surface area contributed by atoms with Crippen molar-refractivity contribution >= 4 is 38.2 Å². The van der Waals surface area contributed by atoms with Crippen molar-refractivity contribution in [3.05, 3.63) is 85.3 Å². The molecular weight excluding hydrogens is 454 g/mol. The highest BCUT2D eigenvalue weighted by Crippen LogP contribution is 2.34. The normalized spacial score (nSPS) is 13.8. The summed E-state index contributed by atoms with van der Waals surface area (Å²) >= 11 is 5.15. The third kappa shape index (κ3) is 3.57. The fourth-order valence-corrected chi connectivity index (χ4v) is 4.49. The van der Waals surface area contributed by atoms with Crippen LogP contribution in [0.4, 0.5) is 0 Å². The number of hydrogen-bond acceptors (Lipinski definition) is 6. The quantitative estimate of drug-likeness (QED) is 0.380. The van der Waals surface area contributed by atoms with Gasteiger partial charge in [-0.05, 0) is 51.6 Å². The van der Waals surface area contributed by atoms with E-state index in [1.807, 2.05) is 30.3 Å². The Morgan fingerprint density at radius 3 is 2.83 bits per heavy atom. The van der Waals surface area contributed by atoms with Gasteiger partial charge in [0.25, 0.3) is 0 Å². The van der Waals surface area contributed by atoms with Gasteiger partial charge in [-0.1, -0.05) is 18.2 Å². The Kier molecular flexibility index (Phi) is 4.87. The molecule has 0 unspecified atom stereocenters. The summed E-state index contributed by atoms with van der Waals surface area (Å²) in [5.74, 6) is 1.46. The van der Waals surface area contributed by atoms with Crippen LogP contribution in [0.3, 0.4) is 0 Å². The Hall–Kier alpha value is -2.61. The maximum Gasteiger partial charge on any atom is 0.235 e. The molecule has 0 radical (unpaired) electrons. The SMILES string of the molecule is O=c1c(Oc2ccccc2Br)coc2c3c(ccc12)OCN(Cc1cccs1)C3. The van der Waals surface area contributed by atoms with Crippen LogP contribution in [0, 0.1) is 0 Å². The minimum absolute atomic E-state index is 0.150. The lowest BCUT2D eigenvalue weighted by atomic mass is 10.1. The number of para-hydroxylation sites is 1. The first-order valence-electron chi connectivity index (χ1n) is 9.06. The van der Waals surface area contributed by atoms with Gasteiger partial charge in [-0.25, -0.2) is 0 Å². The fraction of sp³-hybridized carbons (Fsp3) is 0.136. The summed E-state index contributed by atoms with van der Waals surface area (Å²) in [4.78, 5) is 16.5. The summed E-state index contributed by atoms with van der Waals surface area (Å²) in [7, 11) is 0. The van der Waals surface area contributed by atoms with Crippen LogP contribution in [-0.4, -0.2) is 11.6 Å². The molecule has 7 heteroatoms. The van der Waals surface area contributed by atoms with Crippen LogP contribution >= 0.6 is 27.3 Å². The second-order valence-electron chi connectivity index (χ2n) is 6.72. The molecule has 5 rings (SSSR count). The molecule has 146 valence electrons. The van der Waals surface area contributed by atoms with E-state index in [0.29, 0.717) is 30.0 Å². The van der Waals surface area contributed by atoms with E-state index in [0.717, 1.165) is 22.3 Å². The van der Waals surface area contributed by atoms with E-state index in [2.05, 4.69) is 32.3 Å². The molecular formula is C22H16BrNO4S. The second-order valence-corrected chi connectivity index (χ2v) is 8.61. The van der Waals surface area contributed by atoms with E-state index in [1.165, 1.54) is 11.1 Å². The summed E-state index contributed by atoms with van der Waals surface area (Å²) in [6, 6.07) is 15.1. The minimum Gasteiger partial charge on any atom is -0.478 e. The number of rotatable bonds is 4. The Labute approximate surface area is 179 Å². The molecule has 0 fully saturated rings. The lowest BCUT2D eigenvalue weighted by Gasteiger charge is -2.28. The van der Waals surface area contributed by atoms with E-state index < -0.39 is 0 Å². The molecule has 1 aliphatic heterocycles. The first kappa shape index (κ1) is 18.4. The Morgan fingerprint density at radius 2 is 2.00 bits per heavy atom. The Morgan fingerprint density at radius 1 is 1.10 bits per heavy atom. The molecule has 2 aromatic carbocycles. The van der Waals surface area contributed by atoms with E-state index >= 15 is 0 Å². The zero-order valence-corrected chi connectivity index (χ0v) is 17.7. The third-order valence-corrected chi connectivity index (χ3v) is 6.29. The van der Waals surface area contributed by atoms with Crippen LogP contribution in [0.25, 0.3) is 11.0 Å². The van der Waals surface area contributed by atoms with E-state index in [9.17, 15) is 4.79 Å². The van der Waals surface area contributed by atoms with E-state index in [4.69, 9.17) is 13.9 Å². The maximum atomic E-state index is 13.0. The number of nitrogens with zero attached hydrogens (tertiary/aromatic N) is 1. The number of halogens is 1. The first-order valence-corrected chi connectivity index (χ1v) is 10.7. The monoisotopic (exact) mass is 469 g/mol. The molecule has 0 N–H and O–H groups in total. The van der Waals surface area contributed by atoms with Crippen LogP contribution in [0.1, 0.15) is 10.4 Å². The van der Waals surface area contributed by atoms with E-state index in [1.54, 1.807) is 23.5 Å². The van der Waals surface area contributed by atoms with Gasteiger partial charge in [0.05, 0.1) is 15.4 Å². The fourth-order valence-electron chi connectivity index (χ4n) is 3.38. The number of benzene rings is 2. The zero-order chi connectivity index (χ0) is 19.8. The molecule has 1 aliphatic rings. The van der Waals surface area contributed by atoms with Crippen LogP contribution in [0.2, 0.25) is 0 Å². The van der Waals surface area contributed by atoms with Gasteiger partial charge in [-0.15, -0.1) is 11.3 Å². The summed E-state index contributed by atoms with van der Waals surface area (Å²) < 4.78 is 18.3. The van der Waals surface area contributed by atoms with Gasteiger partial charge in [0.2, 0.25) is 11.2 Å². The lowest BCUT2D eigenvalue weighted by molar-refractivity contribution is 0.0899. The molecule has 0 saturated heterocycles. The standard InChI is InChI=1S/C22H16BrNO4S/c23-17-5-1-2-6-19(17)28-20-12-26-22-15(21(20)25)7-8-18-16(22)11-24(13-27-18)10-14-4-3-9-29-14/h1-9,12H,10-11,13H2. The van der Waals surface area contributed by atoms with Crippen molar-refractivity contribution in [2.45, 2.75) is 13.1 Å². The van der Waals surface area contributed by atoms with Crippen molar-refractivity contribution in [3.8, 4) is 17.2 Å². The second kappa shape index (κ2) is 7.67. The number of thiophene rings is 1. The van der Waals surface area contributed by atoms with Gasteiger partial charge in [-0.2, -0.15) is 0 Å². The molecule has 0 aliphatic carbocycles. The summed E-state index contributed by atoms with van der Waals surface area (Å²) in [6.07, 6.45) is 1.38. The van der Waals surface area contributed by atoms with Gasteiger partial charge in [0.1, 0.15) is 30.1 Å². The predicted octanol–water partition coefficient (Wildman–Crippen LogP) is 5.76. The largest absolute Gasteiger partial charge is 0.478 e. The van der Waals surface area contributed by atoms with Crippen molar-refractivity contribution in [1.82, 2.24) is 4.90 Å². The van der Waals surface area contributed by atoms with Gasteiger partial charge >= 0.3 is 0 Å². The van der Waals surface area contributed by atoms with Crippen molar-refractivity contribution in [2.75, 3.05) is 6.73 Å². The van der Waals surface area contributed by atoms with Crippen LogP contribution in [0.15, 0.2) is 73.9 Å². The number of hydrogen-bond donors (Lipinski definition) is 0. The smallest absolute Gasteiger partial charge is 0.235 e. The van der Waals surface area contributed by atoms with Gasteiger partial charge in [-0.3, -0.25) is 9.69 Å². The molecule has 3 heterocycles. The highest BCUT2D eigenvalue weighted by atomic mass is 79.9. The van der Waals surface area contributed by atoms with Crippen molar-refractivity contribution in [1.29, 1.82) is 0 Å². The Bertz CT molecular complexity index is 1240. The van der Waals surface area contributed by atoms with Crippen molar-refractivity contribution in [2.24, 2.45) is 0 Å². The lowest BCUT2D eigenvalue weighted by Crippen LogP contribution is -2.31. The zero-order valence-electron chi connectivity index (χ0n) is 15.3. The minimum atomic E-state index is -0.208. The molecule has 2 aromatic heterocycles. The van der Waals surface area contributed by atoms with Crippen LogP contribution in [0.5, 0.6) is 17.2 Å². The average Bonchev–Trinajstić information content (AvgIpc) is 3.24. The predicted molar refractivity (Wildman–Crippen MR) is 116 cm³/mol. The molecule has 0 atom stereocenters. The molecule has 5 nitrogen and oxygen atoms in total. The van der Waals surface area contributed by atoms with Gasteiger partial charge in [0, 0.05) is 18.0 Å². The molecule has 4 aromatic rings. The van der Waals surface area contributed by atoms with Crippen molar-refractivity contribution < 1.29 is 13.9 Å².